The van der Waals surface area contributed by atoms with Crippen molar-refractivity contribution >= 4 is 5.82 Å². The normalized spacial score (nSPS) is 26.1. The summed E-state index contributed by atoms with van der Waals surface area (Å²) in [6, 6.07) is 0.383. The van der Waals surface area contributed by atoms with Gasteiger partial charge in [-0.1, -0.05) is 13.8 Å². The predicted octanol–water partition coefficient (Wildman–Crippen LogP) is 0.316. The molecule has 0 saturated heterocycles. The number of rotatable bonds is 3. The molecular weight excluding hydrogens is 220 g/mol. The summed E-state index contributed by atoms with van der Waals surface area (Å²) >= 11 is 0. The molecule has 0 aliphatic heterocycles. The summed E-state index contributed by atoms with van der Waals surface area (Å²) < 4.78 is 5.04. The van der Waals surface area contributed by atoms with Crippen molar-refractivity contribution in [3.63, 3.8) is 0 Å². The minimum absolute atomic E-state index is 0.00467. The second kappa shape index (κ2) is 4.03. The number of nitrogens with zero attached hydrogens (tertiary/aromatic N) is 1. The lowest BCUT2D eigenvalue weighted by Crippen LogP contribution is -2.61. The molecule has 1 aliphatic rings. The first-order chi connectivity index (χ1) is 7.96. The number of methoxy groups -OCH3 is 1. The Kier molecular flexibility index (Phi) is 2.82. The van der Waals surface area contributed by atoms with Crippen molar-refractivity contribution in [2.45, 2.75) is 32.4 Å². The van der Waals surface area contributed by atoms with Gasteiger partial charge in [0.15, 0.2) is 5.82 Å². The van der Waals surface area contributed by atoms with Gasteiger partial charge in [-0.3, -0.25) is 4.79 Å². The molecule has 2 unspecified atom stereocenters. The molecule has 1 aliphatic carbocycles. The van der Waals surface area contributed by atoms with Gasteiger partial charge in [0.2, 0.25) is 5.75 Å². The van der Waals surface area contributed by atoms with E-state index in [1.807, 2.05) is 0 Å². The number of nitrogens with two attached hydrogens (primary N) is 1. The Bertz CT molecular complexity index is 469. The van der Waals surface area contributed by atoms with E-state index in [4.69, 9.17) is 10.5 Å². The molecule has 0 aromatic carbocycles. The minimum Gasteiger partial charge on any atom is -0.489 e. The van der Waals surface area contributed by atoms with Crippen LogP contribution in [0.25, 0.3) is 0 Å². The third-order valence-corrected chi connectivity index (χ3v) is 3.67. The third-order valence-electron chi connectivity index (χ3n) is 3.67. The van der Waals surface area contributed by atoms with Gasteiger partial charge in [0.05, 0.1) is 13.4 Å². The van der Waals surface area contributed by atoms with E-state index in [1.54, 1.807) is 0 Å². The molecule has 94 valence electrons. The molecule has 1 fully saturated rings. The van der Waals surface area contributed by atoms with E-state index < -0.39 is 0 Å². The van der Waals surface area contributed by atoms with E-state index in [1.165, 1.54) is 13.4 Å². The Hall–Kier alpha value is -1.56. The van der Waals surface area contributed by atoms with E-state index >= 15 is 0 Å². The SMILES string of the molecule is COc1c(NC2CC(N)C2(C)C)nc[nH]c1=O. The maximum atomic E-state index is 11.5. The summed E-state index contributed by atoms with van der Waals surface area (Å²) in [5, 5.41) is 3.22. The zero-order valence-corrected chi connectivity index (χ0v) is 10.3. The lowest BCUT2D eigenvalue weighted by Gasteiger charge is -2.50. The predicted molar refractivity (Wildman–Crippen MR) is 65.2 cm³/mol. The van der Waals surface area contributed by atoms with Crippen LogP contribution in [0, 0.1) is 5.41 Å². The highest BCUT2D eigenvalue weighted by atomic mass is 16.5. The number of hydrogen-bond acceptors (Lipinski definition) is 5. The Morgan fingerprint density at radius 2 is 2.35 bits per heavy atom. The first-order valence-corrected chi connectivity index (χ1v) is 5.60. The second-order valence-corrected chi connectivity index (χ2v) is 4.97. The number of aromatic nitrogens is 2. The van der Waals surface area contributed by atoms with Gasteiger partial charge >= 0.3 is 0 Å². The standard InChI is InChI=1S/C11H18N4O2/c1-11(2)6(12)4-7(11)15-9-8(17-3)10(16)14-5-13-9/h5-7H,4,12H2,1-3H3,(H2,13,14,15,16). The first kappa shape index (κ1) is 11.9. The molecule has 1 saturated carbocycles. The van der Waals surface area contributed by atoms with Crippen LogP contribution in [0.5, 0.6) is 5.75 Å². The fraction of sp³-hybridized carbons (Fsp3) is 0.636. The van der Waals surface area contributed by atoms with Crippen LogP contribution in [0.4, 0.5) is 5.82 Å². The van der Waals surface area contributed by atoms with Gasteiger partial charge in [0.25, 0.3) is 5.56 Å². The quantitative estimate of drug-likeness (QED) is 0.705. The highest BCUT2D eigenvalue weighted by Crippen LogP contribution is 2.41. The van der Waals surface area contributed by atoms with Crippen LogP contribution in [-0.4, -0.2) is 29.2 Å². The summed E-state index contributed by atoms with van der Waals surface area (Å²) in [4.78, 5) is 18.1. The van der Waals surface area contributed by atoms with E-state index in [0.717, 1.165) is 6.42 Å². The maximum Gasteiger partial charge on any atom is 0.295 e. The Morgan fingerprint density at radius 1 is 1.65 bits per heavy atom. The molecule has 1 aromatic rings. The molecule has 1 heterocycles. The van der Waals surface area contributed by atoms with Crippen molar-refractivity contribution < 1.29 is 4.74 Å². The maximum absolute atomic E-state index is 11.5. The van der Waals surface area contributed by atoms with E-state index in [0.29, 0.717) is 5.82 Å². The van der Waals surface area contributed by atoms with Crippen molar-refractivity contribution in [1.82, 2.24) is 9.97 Å². The lowest BCUT2D eigenvalue weighted by atomic mass is 9.63. The number of hydrogen-bond donors (Lipinski definition) is 3. The Morgan fingerprint density at radius 3 is 2.88 bits per heavy atom. The Labute approximate surface area is 99.6 Å². The highest BCUT2D eigenvalue weighted by Gasteiger charge is 2.46. The molecular formula is C11H18N4O2. The lowest BCUT2D eigenvalue weighted by molar-refractivity contribution is 0.116. The van der Waals surface area contributed by atoms with Crippen molar-refractivity contribution in [3.8, 4) is 5.75 Å². The summed E-state index contributed by atoms with van der Waals surface area (Å²) in [5.74, 6) is 0.685. The van der Waals surface area contributed by atoms with Gasteiger partial charge in [0, 0.05) is 17.5 Å². The summed E-state index contributed by atoms with van der Waals surface area (Å²) in [5.41, 5.74) is 5.65. The van der Waals surface area contributed by atoms with Crippen LogP contribution in [0.3, 0.4) is 0 Å². The van der Waals surface area contributed by atoms with Gasteiger partial charge in [0.1, 0.15) is 0 Å². The van der Waals surface area contributed by atoms with Gasteiger partial charge in [-0.15, -0.1) is 0 Å². The van der Waals surface area contributed by atoms with Gasteiger partial charge in [-0.05, 0) is 6.42 Å². The summed E-state index contributed by atoms with van der Waals surface area (Å²) in [7, 11) is 1.45. The molecule has 6 nitrogen and oxygen atoms in total. The zero-order chi connectivity index (χ0) is 12.6. The molecule has 1 aromatic heterocycles. The molecule has 17 heavy (non-hydrogen) atoms. The average Bonchev–Trinajstić information content (AvgIpc) is 2.29. The molecule has 0 spiro atoms. The van der Waals surface area contributed by atoms with Crippen molar-refractivity contribution in [2.75, 3.05) is 12.4 Å². The van der Waals surface area contributed by atoms with Crippen LogP contribution < -0.4 is 21.3 Å². The fourth-order valence-corrected chi connectivity index (χ4v) is 2.05. The van der Waals surface area contributed by atoms with Crippen LogP contribution in [-0.2, 0) is 0 Å². The fourth-order valence-electron chi connectivity index (χ4n) is 2.05. The molecule has 0 bridgehead atoms. The van der Waals surface area contributed by atoms with Crippen LogP contribution >= 0.6 is 0 Å². The highest BCUT2D eigenvalue weighted by molar-refractivity contribution is 5.49. The molecule has 4 N–H and O–H groups in total. The van der Waals surface area contributed by atoms with Crippen LogP contribution in [0.1, 0.15) is 20.3 Å². The van der Waals surface area contributed by atoms with Gasteiger partial charge < -0.3 is 20.8 Å². The smallest absolute Gasteiger partial charge is 0.295 e. The van der Waals surface area contributed by atoms with Crippen molar-refractivity contribution in [3.05, 3.63) is 16.7 Å². The average molecular weight is 238 g/mol. The molecule has 0 amide bonds. The first-order valence-electron chi connectivity index (χ1n) is 5.60. The summed E-state index contributed by atoms with van der Waals surface area (Å²) in [6.07, 6.45) is 2.23. The minimum atomic E-state index is -0.286. The third kappa shape index (κ3) is 1.88. The number of anilines is 1. The number of H-pyrrole nitrogens is 1. The largest absolute Gasteiger partial charge is 0.489 e. The number of nitrogens with one attached hydrogen (secondary N) is 2. The molecule has 0 radical (unpaired) electrons. The number of aromatic amines is 1. The molecule has 2 atom stereocenters. The number of ether oxygens (including phenoxy) is 1. The van der Waals surface area contributed by atoms with Crippen molar-refractivity contribution in [2.24, 2.45) is 11.1 Å². The van der Waals surface area contributed by atoms with E-state index in [-0.39, 0.29) is 28.8 Å². The van der Waals surface area contributed by atoms with Gasteiger partial charge in [-0.25, -0.2) is 4.98 Å². The topological polar surface area (TPSA) is 93.0 Å². The summed E-state index contributed by atoms with van der Waals surface area (Å²) in [6.45, 7) is 4.19. The Balaban J connectivity index is 2.21. The second-order valence-electron chi connectivity index (χ2n) is 4.97. The molecule has 6 heteroatoms. The van der Waals surface area contributed by atoms with E-state index in [9.17, 15) is 4.79 Å². The monoisotopic (exact) mass is 238 g/mol. The van der Waals surface area contributed by atoms with E-state index in [2.05, 4.69) is 29.1 Å². The van der Waals surface area contributed by atoms with Crippen LogP contribution in [0.15, 0.2) is 11.1 Å². The van der Waals surface area contributed by atoms with Crippen molar-refractivity contribution in [1.29, 1.82) is 0 Å². The van der Waals surface area contributed by atoms with Crippen LogP contribution in [0.2, 0.25) is 0 Å². The molecule has 2 rings (SSSR count). The zero-order valence-electron chi connectivity index (χ0n) is 10.3. The van der Waals surface area contributed by atoms with Gasteiger partial charge in [-0.2, -0.15) is 0 Å².